The van der Waals surface area contributed by atoms with E-state index >= 15 is 0 Å². The molecule has 6 nitrogen and oxygen atoms in total. The summed E-state index contributed by atoms with van der Waals surface area (Å²) in [4.78, 5) is 25.7. The fraction of sp³-hybridized carbons (Fsp3) is 0.565. The summed E-state index contributed by atoms with van der Waals surface area (Å²) in [7, 11) is 0. The van der Waals surface area contributed by atoms with Crippen LogP contribution in [0.5, 0.6) is 0 Å². The van der Waals surface area contributed by atoms with Crippen LogP contribution >= 0.6 is 0 Å². The number of furan rings is 1. The highest BCUT2D eigenvalue weighted by atomic mass is 16.4. The number of carbonyl (C=O) groups is 2. The van der Waals surface area contributed by atoms with Crippen molar-refractivity contribution < 1.29 is 19.1 Å². The van der Waals surface area contributed by atoms with E-state index in [0.29, 0.717) is 24.7 Å². The van der Waals surface area contributed by atoms with Gasteiger partial charge in [0, 0.05) is 10.9 Å². The van der Waals surface area contributed by atoms with Crippen molar-refractivity contribution in [3.05, 3.63) is 36.1 Å². The van der Waals surface area contributed by atoms with E-state index < -0.39 is 17.3 Å². The molecule has 1 aliphatic heterocycles. The molecule has 2 aliphatic rings. The summed E-state index contributed by atoms with van der Waals surface area (Å²) in [6.07, 6.45) is 7.56. The number of likely N-dealkylation sites (tertiary alicyclic amines) is 1. The third-order valence-corrected chi connectivity index (χ3v) is 7.23. The number of carboxylic acids is 1. The predicted octanol–water partition coefficient (Wildman–Crippen LogP) is 3.75. The number of para-hydroxylation sites is 1. The summed E-state index contributed by atoms with van der Waals surface area (Å²) in [5, 5.41) is 10.7. The van der Waals surface area contributed by atoms with Crippen molar-refractivity contribution in [1.29, 1.82) is 0 Å². The van der Waals surface area contributed by atoms with Crippen molar-refractivity contribution in [2.45, 2.75) is 50.9 Å². The van der Waals surface area contributed by atoms with Gasteiger partial charge in [0.1, 0.15) is 11.0 Å². The molecule has 4 rings (SSSR count). The summed E-state index contributed by atoms with van der Waals surface area (Å²) in [5.74, 6) is -0.705. The first kappa shape index (κ1) is 20.0. The molecule has 0 unspecified atom stereocenters. The third kappa shape index (κ3) is 3.90. The number of amides is 1. The van der Waals surface area contributed by atoms with Crippen LogP contribution in [-0.2, 0) is 9.59 Å². The van der Waals surface area contributed by atoms with Crippen LogP contribution < -0.4 is 5.73 Å². The molecule has 1 aliphatic carbocycles. The second-order valence-corrected chi connectivity index (χ2v) is 8.79. The number of rotatable bonds is 6. The van der Waals surface area contributed by atoms with Gasteiger partial charge in [-0.3, -0.25) is 9.59 Å². The van der Waals surface area contributed by atoms with Crippen LogP contribution in [0.4, 0.5) is 0 Å². The smallest absolute Gasteiger partial charge is 0.319 e. The van der Waals surface area contributed by atoms with Crippen molar-refractivity contribution in [2.24, 2.45) is 17.1 Å². The third-order valence-electron chi connectivity index (χ3n) is 7.23. The maximum Gasteiger partial charge on any atom is 0.319 e. The number of fused-ring (bicyclic) bond motifs is 1. The van der Waals surface area contributed by atoms with Crippen molar-refractivity contribution >= 4 is 22.8 Å². The largest absolute Gasteiger partial charge is 0.480 e. The van der Waals surface area contributed by atoms with Gasteiger partial charge in [0.15, 0.2) is 0 Å². The summed E-state index contributed by atoms with van der Waals surface area (Å²) in [6.45, 7) is 3.20. The van der Waals surface area contributed by atoms with E-state index in [1.165, 1.54) is 10.9 Å². The van der Waals surface area contributed by atoms with Crippen molar-refractivity contribution in [3.8, 4) is 0 Å². The number of piperidine rings is 1. The average molecular weight is 399 g/mol. The van der Waals surface area contributed by atoms with E-state index in [9.17, 15) is 14.7 Å². The monoisotopic (exact) mass is 398 g/mol. The first-order chi connectivity index (χ1) is 14.0. The standard InChI is InChI=1S/C23H30N2O4/c24-21(26)23(22(27)28)10-5-16(6-11-23)7-12-25-13-8-17(9-14-25)19-15-29-20-4-2-1-3-18(19)20/h1-4,15-17H,5-14H2,(H2,24,26)(H,27,28). The first-order valence-corrected chi connectivity index (χ1v) is 10.7. The van der Waals surface area contributed by atoms with E-state index in [2.05, 4.69) is 17.0 Å². The molecule has 2 fully saturated rings. The Morgan fingerprint density at radius 1 is 1.14 bits per heavy atom. The number of nitrogens with two attached hydrogens (primary N) is 1. The van der Waals surface area contributed by atoms with E-state index in [-0.39, 0.29) is 0 Å². The predicted molar refractivity (Wildman–Crippen MR) is 110 cm³/mol. The maximum atomic E-state index is 11.7. The van der Waals surface area contributed by atoms with Crippen molar-refractivity contribution in [1.82, 2.24) is 4.90 Å². The average Bonchev–Trinajstić information content (AvgIpc) is 3.17. The van der Waals surface area contributed by atoms with Gasteiger partial charge in [-0.25, -0.2) is 0 Å². The van der Waals surface area contributed by atoms with Gasteiger partial charge in [0.05, 0.1) is 6.26 Å². The van der Waals surface area contributed by atoms with E-state index in [1.54, 1.807) is 0 Å². The maximum absolute atomic E-state index is 11.7. The minimum atomic E-state index is -1.35. The number of hydrogen-bond acceptors (Lipinski definition) is 4. The zero-order valence-corrected chi connectivity index (χ0v) is 16.8. The lowest BCUT2D eigenvalue weighted by Crippen LogP contribution is -2.46. The van der Waals surface area contributed by atoms with Crippen LogP contribution in [0, 0.1) is 11.3 Å². The summed E-state index contributed by atoms with van der Waals surface area (Å²) in [5.41, 5.74) is 6.35. The molecule has 2 aromatic rings. The number of hydrogen-bond donors (Lipinski definition) is 2. The van der Waals surface area contributed by atoms with Crippen molar-refractivity contribution in [3.63, 3.8) is 0 Å². The molecule has 0 bridgehead atoms. The van der Waals surface area contributed by atoms with Gasteiger partial charge in [-0.2, -0.15) is 0 Å². The van der Waals surface area contributed by atoms with Crippen LogP contribution in [0.25, 0.3) is 11.0 Å². The molecule has 0 radical (unpaired) electrons. The Morgan fingerprint density at radius 3 is 2.48 bits per heavy atom. The molecule has 1 aromatic carbocycles. The van der Waals surface area contributed by atoms with Crippen molar-refractivity contribution in [2.75, 3.05) is 19.6 Å². The summed E-state index contributed by atoms with van der Waals surface area (Å²) >= 11 is 0. The molecular weight excluding hydrogens is 368 g/mol. The summed E-state index contributed by atoms with van der Waals surface area (Å²) in [6, 6.07) is 8.24. The van der Waals surface area contributed by atoms with Gasteiger partial charge in [0.25, 0.3) is 0 Å². The van der Waals surface area contributed by atoms with Gasteiger partial charge in [-0.15, -0.1) is 0 Å². The number of carbonyl (C=O) groups excluding carboxylic acids is 1. The highest BCUT2D eigenvalue weighted by Gasteiger charge is 2.47. The van der Waals surface area contributed by atoms with Crippen LogP contribution in [-0.4, -0.2) is 41.5 Å². The Balaban J connectivity index is 1.25. The topological polar surface area (TPSA) is 96.8 Å². The molecule has 0 spiro atoms. The molecule has 2 heterocycles. The minimum absolute atomic E-state index is 0.373. The summed E-state index contributed by atoms with van der Waals surface area (Å²) < 4.78 is 5.72. The van der Waals surface area contributed by atoms with Gasteiger partial charge in [0.2, 0.25) is 5.91 Å². The van der Waals surface area contributed by atoms with E-state index in [1.807, 2.05) is 18.4 Å². The molecule has 1 saturated carbocycles. The lowest BCUT2D eigenvalue weighted by Gasteiger charge is -2.36. The number of nitrogens with zero attached hydrogens (tertiary/aromatic N) is 1. The molecule has 3 N–H and O–H groups in total. The first-order valence-electron chi connectivity index (χ1n) is 10.7. The molecule has 1 amide bonds. The Morgan fingerprint density at radius 2 is 1.83 bits per heavy atom. The van der Waals surface area contributed by atoms with E-state index in [0.717, 1.165) is 57.3 Å². The number of aliphatic carboxylic acids is 1. The SMILES string of the molecule is NC(=O)C1(C(=O)O)CCC(CCN2CCC(c3coc4ccccc34)CC2)CC1. The van der Waals surface area contributed by atoms with Crippen LogP contribution in [0.3, 0.4) is 0 Å². The zero-order chi connectivity index (χ0) is 20.4. The highest BCUT2D eigenvalue weighted by molar-refractivity contribution is 6.01. The second-order valence-electron chi connectivity index (χ2n) is 8.79. The quantitative estimate of drug-likeness (QED) is 0.723. The Kier molecular flexibility index (Phi) is 5.63. The molecule has 156 valence electrons. The number of carboxylic acid groups (broad SMARTS) is 1. The molecule has 6 heteroatoms. The fourth-order valence-electron chi connectivity index (χ4n) is 5.17. The molecule has 1 saturated heterocycles. The molecule has 1 aromatic heterocycles. The molecule has 0 atom stereocenters. The van der Waals surface area contributed by atoms with Gasteiger partial charge in [-0.1, -0.05) is 18.2 Å². The van der Waals surface area contributed by atoms with Gasteiger partial charge < -0.3 is 20.2 Å². The Labute approximate surface area is 171 Å². The number of benzene rings is 1. The normalized spacial score (nSPS) is 26.6. The molecular formula is C23H30N2O4. The number of primary amides is 1. The van der Waals surface area contributed by atoms with E-state index in [4.69, 9.17) is 10.2 Å². The lowest BCUT2D eigenvalue weighted by molar-refractivity contribution is -0.157. The Hall–Kier alpha value is -2.34. The molecule has 29 heavy (non-hydrogen) atoms. The highest BCUT2D eigenvalue weighted by Crippen LogP contribution is 2.41. The van der Waals surface area contributed by atoms with Crippen LogP contribution in [0.1, 0.15) is 56.4 Å². The van der Waals surface area contributed by atoms with Crippen LogP contribution in [0.15, 0.2) is 34.9 Å². The van der Waals surface area contributed by atoms with Gasteiger partial charge in [-0.05, 0) is 82.5 Å². The van der Waals surface area contributed by atoms with Crippen LogP contribution in [0.2, 0.25) is 0 Å². The second kappa shape index (κ2) is 8.19. The lowest BCUT2D eigenvalue weighted by atomic mass is 9.69. The minimum Gasteiger partial charge on any atom is -0.480 e. The fourth-order valence-corrected chi connectivity index (χ4v) is 5.17. The zero-order valence-electron chi connectivity index (χ0n) is 16.8. The Bertz CT molecular complexity index is 858. The van der Waals surface area contributed by atoms with Gasteiger partial charge >= 0.3 is 5.97 Å².